The average Bonchev–Trinajstić information content (AvgIpc) is 2.49. The van der Waals surface area contributed by atoms with Crippen molar-refractivity contribution in [2.45, 2.75) is 19.4 Å². The second-order valence-corrected chi connectivity index (χ2v) is 5.35. The molecule has 0 atom stereocenters. The van der Waals surface area contributed by atoms with Gasteiger partial charge in [-0.1, -0.05) is 18.2 Å². The summed E-state index contributed by atoms with van der Waals surface area (Å²) in [4.78, 5) is 14.2. The smallest absolute Gasteiger partial charge is 0.230 e. The Bertz CT molecular complexity index is 473. The number of carbonyl (C=O) groups excluding carboxylic acids is 1. The Kier molecular flexibility index (Phi) is 4.73. The van der Waals surface area contributed by atoms with Crippen molar-refractivity contribution in [2.75, 3.05) is 26.8 Å². The van der Waals surface area contributed by atoms with Crippen LogP contribution < -0.4 is 5.73 Å². The highest BCUT2D eigenvalue weighted by Crippen LogP contribution is 2.31. The Balaban J connectivity index is 2.10. The summed E-state index contributed by atoms with van der Waals surface area (Å²) in [5, 5.41) is 0. The molecule has 1 heterocycles. The predicted molar refractivity (Wildman–Crippen MR) is 74.4 cm³/mol. The van der Waals surface area contributed by atoms with Crippen LogP contribution in [0.15, 0.2) is 24.3 Å². The second kappa shape index (κ2) is 6.33. The van der Waals surface area contributed by atoms with Gasteiger partial charge in [0.25, 0.3) is 0 Å². The second-order valence-electron chi connectivity index (χ2n) is 5.35. The number of nitrogens with zero attached hydrogens (tertiary/aromatic N) is 1. The topological polar surface area (TPSA) is 55.6 Å². The van der Waals surface area contributed by atoms with Crippen LogP contribution in [0.5, 0.6) is 0 Å². The predicted octanol–water partition coefficient (Wildman–Crippen LogP) is 1.54. The molecular formula is C15H21FN2O2. The largest absolute Gasteiger partial charge is 0.381 e. The van der Waals surface area contributed by atoms with Gasteiger partial charge in [0.15, 0.2) is 0 Å². The van der Waals surface area contributed by atoms with Crippen LogP contribution in [0.1, 0.15) is 18.4 Å². The average molecular weight is 280 g/mol. The summed E-state index contributed by atoms with van der Waals surface area (Å²) in [6, 6.07) is 6.50. The van der Waals surface area contributed by atoms with E-state index in [2.05, 4.69) is 0 Å². The van der Waals surface area contributed by atoms with Crippen molar-refractivity contribution in [3.63, 3.8) is 0 Å². The van der Waals surface area contributed by atoms with E-state index in [0.29, 0.717) is 38.2 Å². The van der Waals surface area contributed by atoms with Crippen LogP contribution in [-0.2, 0) is 16.1 Å². The molecular weight excluding hydrogens is 259 g/mol. The molecule has 2 N–H and O–H groups in total. The SMILES string of the molecule is CN(Cc1ccccc1F)C(=O)C1(CN)CCOCC1. The Labute approximate surface area is 118 Å². The highest BCUT2D eigenvalue weighted by Gasteiger charge is 2.40. The number of hydrogen-bond acceptors (Lipinski definition) is 3. The zero-order chi connectivity index (χ0) is 14.6. The van der Waals surface area contributed by atoms with E-state index in [4.69, 9.17) is 10.5 Å². The fourth-order valence-corrected chi connectivity index (χ4v) is 2.63. The van der Waals surface area contributed by atoms with Crippen LogP contribution >= 0.6 is 0 Å². The van der Waals surface area contributed by atoms with Crippen LogP contribution in [0.2, 0.25) is 0 Å². The zero-order valence-electron chi connectivity index (χ0n) is 11.8. The number of ether oxygens (including phenoxy) is 1. The molecule has 2 rings (SSSR count). The maximum absolute atomic E-state index is 13.7. The normalized spacial score (nSPS) is 17.8. The van der Waals surface area contributed by atoms with Crippen LogP contribution in [0.3, 0.4) is 0 Å². The maximum Gasteiger partial charge on any atom is 0.230 e. The molecule has 0 radical (unpaired) electrons. The van der Waals surface area contributed by atoms with Crippen molar-refractivity contribution in [1.29, 1.82) is 0 Å². The summed E-state index contributed by atoms with van der Waals surface area (Å²) in [6.07, 6.45) is 1.26. The lowest BCUT2D eigenvalue weighted by atomic mass is 9.79. The summed E-state index contributed by atoms with van der Waals surface area (Å²) < 4.78 is 19.0. The van der Waals surface area contributed by atoms with Crippen molar-refractivity contribution in [3.8, 4) is 0 Å². The molecule has 5 heteroatoms. The van der Waals surface area contributed by atoms with Gasteiger partial charge in [-0.05, 0) is 18.9 Å². The lowest BCUT2D eigenvalue weighted by Gasteiger charge is -2.37. The van der Waals surface area contributed by atoms with Crippen LogP contribution in [0.25, 0.3) is 0 Å². The molecule has 0 unspecified atom stereocenters. The van der Waals surface area contributed by atoms with Gasteiger partial charge in [-0.15, -0.1) is 0 Å². The molecule has 0 aliphatic carbocycles. The van der Waals surface area contributed by atoms with Gasteiger partial charge >= 0.3 is 0 Å². The Morgan fingerprint density at radius 2 is 2.05 bits per heavy atom. The molecule has 1 amide bonds. The highest BCUT2D eigenvalue weighted by molar-refractivity contribution is 5.83. The lowest BCUT2D eigenvalue weighted by molar-refractivity contribution is -0.146. The van der Waals surface area contributed by atoms with Gasteiger partial charge < -0.3 is 15.4 Å². The number of halogens is 1. The van der Waals surface area contributed by atoms with E-state index in [1.165, 1.54) is 6.07 Å². The van der Waals surface area contributed by atoms with Crippen molar-refractivity contribution >= 4 is 5.91 Å². The number of hydrogen-bond donors (Lipinski definition) is 1. The van der Waals surface area contributed by atoms with Gasteiger partial charge in [0.2, 0.25) is 5.91 Å². The van der Waals surface area contributed by atoms with E-state index in [9.17, 15) is 9.18 Å². The van der Waals surface area contributed by atoms with Crippen LogP contribution in [0, 0.1) is 11.2 Å². The van der Waals surface area contributed by atoms with Crippen molar-refractivity contribution in [3.05, 3.63) is 35.6 Å². The van der Waals surface area contributed by atoms with Gasteiger partial charge in [0.1, 0.15) is 5.82 Å². The first-order valence-corrected chi connectivity index (χ1v) is 6.86. The van der Waals surface area contributed by atoms with E-state index in [1.54, 1.807) is 30.1 Å². The van der Waals surface area contributed by atoms with Crippen molar-refractivity contribution < 1.29 is 13.9 Å². The molecule has 0 spiro atoms. The number of carbonyl (C=O) groups is 1. The molecule has 0 aromatic heterocycles. The van der Waals surface area contributed by atoms with Gasteiger partial charge in [0, 0.05) is 38.9 Å². The number of rotatable bonds is 4. The molecule has 110 valence electrons. The van der Waals surface area contributed by atoms with Gasteiger partial charge in [0.05, 0.1) is 5.41 Å². The first-order valence-electron chi connectivity index (χ1n) is 6.86. The van der Waals surface area contributed by atoms with E-state index < -0.39 is 5.41 Å². The Morgan fingerprint density at radius 1 is 1.40 bits per heavy atom. The minimum Gasteiger partial charge on any atom is -0.381 e. The number of benzene rings is 1. The third kappa shape index (κ3) is 2.99. The summed E-state index contributed by atoms with van der Waals surface area (Å²) in [5.74, 6) is -0.313. The summed E-state index contributed by atoms with van der Waals surface area (Å²) in [6.45, 7) is 1.66. The van der Waals surface area contributed by atoms with Crippen LogP contribution in [-0.4, -0.2) is 37.6 Å². The molecule has 1 fully saturated rings. The van der Waals surface area contributed by atoms with E-state index in [1.807, 2.05) is 0 Å². The maximum atomic E-state index is 13.7. The zero-order valence-corrected chi connectivity index (χ0v) is 11.8. The first-order chi connectivity index (χ1) is 9.59. The van der Waals surface area contributed by atoms with Gasteiger partial charge in [-0.25, -0.2) is 4.39 Å². The standard InChI is InChI=1S/C15H21FN2O2/c1-18(10-12-4-2-3-5-13(12)16)14(19)15(11-17)6-8-20-9-7-15/h2-5H,6-11,17H2,1H3. The first kappa shape index (κ1) is 14.9. The molecule has 4 nitrogen and oxygen atoms in total. The quantitative estimate of drug-likeness (QED) is 0.910. The molecule has 1 aromatic carbocycles. The lowest BCUT2D eigenvalue weighted by Crippen LogP contribution is -2.49. The third-order valence-electron chi connectivity index (χ3n) is 4.01. The van der Waals surface area contributed by atoms with Gasteiger partial charge in [-0.2, -0.15) is 0 Å². The molecule has 1 aromatic rings. The highest BCUT2D eigenvalue weighted by atomic mass is 19.1. The van der Waals surface area contributed by atoms with Crippen molar-refractivity contribution in [1.82, 2.24) is 4.90 Å². The number of amides is 1. The Morgan fingerprint density at radius 3 is 2.65 bits per heavy atom. The number of nitrogens with two attached hydrogens (primary N) is 1. The fourth-order valence-electron chi connectivity index (χ4n) is 2.63. The summed E-state index contributed by atoms with van der Waals surface area (Å²) in [7, 11) is 1.70. The third-order valence-corrected chi connectivity index (χ3v) is 4.01. The molecule has 1 saturated heterocycles. The molecule has 0 bridgehead atoms. The van der Waals surface area contributed by atoms with E-state index in [-0.39, 0.29) is 18.3 Å². The van der Waals surface area contributed by atoms with Crippen molar-refractivity contribution in [2.24, 2.45) is 11.1 Å². The van der Waals surface area contributed by atoms with E-state index in [0.717, 1.165) is 0 Å². The minimum atomic E-state index is -0.557. The molecule has 1 aliphatic rings. The molecule has 0 saturated carbocycles. The van der Waals surface area contributed by atoms with Gasteiger partial charge in [-0.3, -0.25) is 4.79 Å². The van der Waals surface area contributed by atoms with E-state index >= 15 is 0 Å². The fraction of sp³-hybridized carbons (Fsp3) is 0.533. The minimum absolute atomic E-state index is 0.0217. The van der Waals surface area contributed by atoms with Crippen LogP contribution in [0.4, 0.5) is 4.39 Å². The summed E-state index contributed by atoms with van der Waals surface area (Å²) >= 11 is 0. The Hall–Kier alpha value is -1.46. The molecule has 1 aliphatic heterocycles. The summed E-state index contributed by atoms with van der Waals surface area (Å²) in [5.41, 5.74) is 5.78. The monoisotopic (exact) mass is 280 g/mol. The molecule has 20 heavy (non-hydrogen) atoms.